The summed E-state index contributed by atoms with van der Waals surface area (Å²) in [5.41, 5.74) is 0. The van der Waals surface area contributed by atoms with Crippen LogP contribution < -0.4 is 0 Å². The van der Waals surface area contributed by atoms with Gasteiger partial charge in [0.25, 0.3) is 0 Å². The highest BCUT2D eigenvalue weighted by Gasteiger charge is 2.40. The van der Waals surface area contributed by atoms with Crippen molar-refractivity contribution in [2.75, 3.05) is 12.5 Å². The Kier molecular flexibility index (Phi) is 6.35. The van der Waals surface area contributed by atoms with E-state index >= 15 is 0 Å². The molecule has 126 valence electrons. The molecule has 0 saturated carbocycles. The number of hydrogen-bond donors (Lipinski definition) is 5. The zero-order valence-corrected chi connectivity index (χ0v) is 13.6. The van der Waals surface area contributed by atoms with Crippen molar-refractivity contribution >= 4 is 23.0 Å². The van der Waals surface area contributed by atoms with E-state index in [1.807, 2.05) is 0 Å². The molecule has 1 aliphatic rings. The van der Waals surface area contributed by atoms with Crippen molar-refractivity contribution in [3.63, 3.8) is 0 Å². The fraction of sp³-hybridized carbons (Fsp3) is 1.00. The normalized spacial score (nSPS) is 32.6. The van der Waals surface area contributed by atoms with Gasteiger partial charge in [0.1, 0.15) is 6.10 Å². The molecule has 0 aromatic heterocycles. The van der Waals surface area contributed by atoms with Crippen LogP contribution in [-0.2, 0) is 27.3 Å². The van der Waals surface area contributed by atoms with Crippen LogP contribution >= 0.6 is 23.0 Å². The maximum Gasteiger partial charge on any atom is 0.476 e. The van der Waals surface area contributed by atoms with Gasteiger partial charge in [-0.1, -0.05) is 0 Å². The van der Waals surface area contributed by atoms with Gasteiger partial charge in [0.15, 0.2) is 5.90 Å². The monoisotopic (exact) mass is 370 g/mol. The number of ether oxygens (including phenoxy) is 1. The van der Waals surface area contributed by atoms with Crippen LogP contribution in [0.5, 0.6) is 0 Å². The van der Waals surface area contributed by atoms with Gasteiger partial charge in [0, 0.05) is 6.42 Å². The molecule has 1 saturated heterocycles. The highest BCUT2D eigenvalue weighted by Crippen LogP contribution is 2.64. The Bertz CT molecular complexity index is 500. The van der Waals surface area contributed by atoms with Crippen molar-refractivity contribution in [2.24, 2.45) is 0 Å². The minimum Gasteiger partial charge on any atom is -0.390 e. The largest absolute Gasteiger partial charge is 0.476 e. The lowest BCUT2D eigenvalue weighted by Gasteiger charge is -2.19. The molecule has 1 fully saturated rings. The fourth-order valence-electron chi connectivity index (χ4n) is 1.74. The summed E-state index contributed by atoms with van der Waals surface area (Å²) in [6, 6.07) is 0. The summed E-state index contributed by atoms with van der Waals surface area (Å²) in [6.07, 6.45) is -1.74. The van der Waals surface area contributed by atoms with Gasteiger partial charge in [-0.05, 0) is 6.92 Å². The molecule has 0 aliphatic carbocycles. The van der Waals surface area contributed by atoms with Crippen LogP contribution in [0, 0.1) is 0 Å². The molecule has 1 rings (SSSR count). The molecule has 0 radical (unpaired) electrons. The van der Waals surface area contributed by atoms with Crippen molar-refractivity contribution < 1.29 is 51.9 Å². The van der Waals surface area contributed by atoms with Gasteiger partial charge >= 0.3 is 23.0 Å². The summed E-state index contributed by atoms with van der Waals surface area (Å²) >= 11 is 0. The molecule has 1 aliphatic heterocycles. The van der Waals surface area contributed by atoms with Gasteiger partial charge in [-0.25, -0.2) is 8.88 Å². The summed E-state index contributed by atoms with van der Waals surface area (Å²) in [6.45, 7) is 1.16. The topological polar surface area (TPSA) is 180 Å². The van der Waals surface area contributed by atoms with Gasteiger partial charge in [-0.15, -0.1) is 0 Å². The Morgan fingerprint density at radius 3 is 2.14 bits per heavy atom. The lowest BCUT2D eigenvalue weighted by Crippen LogP contribution is -2.26. The third kappa shape index (κ3) is 7.45. The van der Waals surface area contributed by atoms with E-state index in [9.17, 15) is 23.7 Å². The Morgan fingerprint density at radius 1 is 1.14 bits per heavy atom. The van der Waals surface area contributed by atoms with Crippen molar-refractivity contribution in [1.29, 1.82) is 0 Å². The van der Waals surface area contributed by atoms with E-state index in [0.29, 0.717) is 6.42 Å². The molecule has 0 amide bonds. The summed E-state index contributed by atoms with van der Waals surface area (Å²) in [7, 11) is -15.0. The summed E-state index contributed by atoms with van der Waals surface area (Å²) in [4.78, 5) is 35.3. The quantitative estimate of drug-likeness (QED) is 0.380. The van der Waals surface area contributed by atoms with Crippen molar-refractivity contribution in [3.05, 3.63) is 0 Å². The minimum absolute atomic E-state index is 0.270. The molecule has 0 aromatic rings. The Balaban J connectivity index is 2.56. The average Bonchev–Trinajstić information content (AvgIpc) is 2.48. The average molecular weight is 370 g/mol. The van der Waals surface area contributed by atoms with Gasteiger partial charge in [-0.3, -0.25) is 9.13 Å². The lowest BCUT2D eigenvalue weighted by atomic mass is 10.1. The van der Waals surface area contributed by atoms with Crippen LogP contribution in [0.4, 0.5) is 0 Å². The van der Waals surface area contributed by atoms with Crippen LogP contribution in [0.3, 0.4) is 0 Å². The molecular formula is C7H17O11P3. The molecule has 21 heavy (non-hydrogen) atoms. The van der Waals surface area contributed by atoms with Crippen molar-refractivity contribution in [1.82, 2.24) is 0 Å². The SMILES string of the molecule is C[C@@H]1C[C@H](O)[C@H](COP(=O)(O)CP(=O)(O)OP(=O)(O)O)O1. The predicted molar refractivity (Wildman–Crippen MR) is 68.6 cm³/mol. The number of phosphoric acid groups is 1. The van der Waals surface area contributed by atoms with Crippen LogP contribution in [0.25, 0.3) is 0 Å². The highest BCUT2D eigenvalue weighted by molar-refractivity contribution is 7.74. The van der Waals surface area contributed by atoms with Crippen LogP contribution in [0.15, 0.2) is 0 Å². The van der Waals surface area contributed by atoms with E-state index in [4.69, 9.17) is 19.4 Å². The molecule has 0 bridgehead atoms. The third-order valence-electron chi connectivity index (χ3n) is 2.44. The van der Waals surface area contributed by atoms with Gasteiger partial charge < -0.3 is 33.9 Å². The summed E-state index contributed by atoms with van der Waals surface area (Å²) in [5.74, 6) is -1.50. The first-order chi connectivity index (χ1) is 9.30. The van der Waals surface area contributed by atoms with E-state index in [1.165, 1.54) is 0 Å². The zero-order valence-electron chi connectivity index (χ0n) is 10.9. The first-order valence-electron chi connectivity index (χ1n) is 5.68. The number of rotatable bonds is 7. The second-order valence-electron chi connectivity index (χ2n) is 4.57. The van der Waals surface area contributed by atoms with Crippen LogP contribution in [-0.4, -0.2) is 55.5 Å². The van der Waals surface area contributed by atoms with Gasteiger partial charge in [-0.2, -0.15) is 0 Å². The molecule has 14 heteroatoms. The molecule has 11 nitrogen and oxygen atoms in total. The van der Waals surface area contributed by atoms with E-state index in [1.54, 1.807) is 6.92 Å². The van der Waals surface area contributed by atoms with Crippen LogP contribution in [0.2, 0.25) is 0 Å². The van der Waals surface area contributed by atoms with Crippen molar-refractivity contribution in [2.45, 2.75) is 31.7 Å². The smallest absolute Gasteiger partial charge is 0.390 e. The minimum atomic E-state index is -5.30. The lowest BCUT2D eigenvalue weighted by molar-refractivity contribution is -0.0127. The van der Waals surface area contributed by atoms with E-state index in [2.05, 4.69) is 8.83 Å². The second kappa shape index (κ2) is 6.86. The van der Waals surface area contributed by atoms with E-state index < -0.39 is 47.7 Å². The maximum atomic E-state index is 11.6. The van der Waals surface area contributed by atoms with E-state index in [-0.39, 0.29) is 6.10 Å². The van der Waals surface area contributed by atoms with Crippen LogP contribution in [0.1, 0.15) is 13.3 Å². The van der Waals surface area contributed by atoms with E-state index in [0.717, 1.165) is 0 Å². The Morgan fingerprint density at radius 2 is 1.71 bits per heavy atom. The predicted octanol–water partition coefficient (Wildman–Crippen LogP) is -0.0211. The molecule has 2 unspecified atom stereocenters. The Hall–Kier alpha value is 0.370. The first kappa shape index (κ1) is 19.4. The number of aliphatic hydroxyl groups is 1. The summed E-state index contributed by atoms with van der Waals surface area (Å²) in [5, 5.41) is 9.53. The molecule has 0 spiro atoms. The third-order valence-corrected chi connectivity index (χ3v) is 7.73. The fourth-order valence-corrected chi connectivity index (χ4v) is 6.25. The van der Waals surface area contributed by atoms with Gasteiger partial charge in [0.2, 0.25) is 0 Å². The van der Waals surface area contributed by atoms with Crippen molar-refractivity contribution in [3.8, 4) is 0 Å². The molecular weight excluding hydrogens is 353 g/mol. The first-order valence-corrected chi connectivity index (χ1v) is 10.7. The zero-order chi connectivity index (χ0) is 16.5. The second-order valence-corrected chi connectivity index (χ2v) is 10.1. The molecule has 5 atom stereocenters. The molecule has 0 aromatic carbocycles. The molecule has 5 N–H and O–H groups in total. The van der Waals surface area contributed by atoms with Gasteiger partial charge in [0.05, 0.1) is 18.8 Å². The highest BCUT2D eigenvalue weighted by atomic mass is 31.3. The summed E-state index contributed by atoms with van der Waals surface area (Å²) < 4.78 is 46.6. The number of hydrogen-bond acceptors (Lipinski definition) is 7. The Labute approximate surface area is 120 Å². The molecule has 1 heterocycles. The maximum absolute atomic E-state index is 11.6. The number of aliphatic hydroxyl groups excluding tert-OH is 1. The standard InChI is InChI=1S/C7H17O11P3/c1-5-2-6(8)7(17-5)3-16-19(9,10)4-20(11,12)18-21(13,14)15/h5-8H,2-4H2,1H3,(H,9,10)(H,11,12)(H2,13,14,15)/t5-,6+,7+/m1/s1.